The van der Waals surface area contributed by atoms with Gasteiger partial charge < -0.3 is 4.74 Å². The van der Waals surface area contributed by atoms with E-state index in [1.165, 1.54) is 42.6 Å². The average molecular weight is 365 g/mol. The first-order valence-electron chi connectivity index (χ1n) is 7.63. The summed E-state index contributed by atoms with van der Waals surface area (Å²) in [5, 5.41) is 22.8. The SMILES string of the molecule is O=C(/C=C/c1ccccc1[N+](=O)[O-])Oc1c([N+](=O)[O-])ccc2cccnc12. The third-order valence-electron chi connectivity index (χ3n) is 3.64. The summed E-state index contributed by atoms with van der Waals surface area (Å²) in [6.07, 6.45) is 3.60. The van der Waals surface area contributed by atoms with E-state index in [0.717, 1.165) is 6.08 Å². The van der Waals surface area contributed by atoms with Gasteiger partial charge in [0.25, 0.3) is 5.69 Å². The number of pyridine rings is 1. The first-order valence-corrected chi connectivity index (χ1v) is 7.63. The summed E-state index contributed by atoms with van der Waals surface area (Å²) >= 11 is 0. The summed E-state index contributed by atoms with van der Waals surface area (Å²) in [6.45, 7) is 0. The molecule has 3 rings (SSSR count). The van der Waals surface area contributed by atoms with Gasteiger partial charge in [0.2, 0.25) is 5.75 Å². The molecular weight excluding hydrogens is 354 g/mol. The Morgan fingerprint density at radius 3 is 2.44 bits per heavy atom. The normalized spacial score (nSPS) is 10.8. The van der Waals surface area contributed by atoms with Gasteiger partial charge in [-0.1, -0.05) is 18.2 Å². The lowest BCUT2D eigenvalue weighted by atomic mass is 10.1. The summed E-state index contributed by atoms with van der Waals surface area (Å²) in [4.78, 5) is 37.2. The Labute approximate surface area is 151 Å². The van der Waals surface area contributed by atoms with Crippen LogP contribution < -0.4 is 4.74 Å². The fourth-order valence-corrected chi connectivity index (χ4v) is 2.44. The molecule has 1 aromatic heterocycles. The molecule has 0 saturated carbocycles. The Hall–Kier alpha value is -4.14. The number of carbonyl (C=O) groups is 1. The predicted octanol–water partition coefficient (Wildman–Crippen LogP) is 3.67. The van der Waals surface area contributed by atoms with Crippen molar-refractivity contribution in [2.75, 3.05) is 0 Å². The second kappa shape index (κ2) is 7.40. The molecule has 0 N–H and O–H groups in total. The van der Waals surface area contributed by atoms with E-state index in [0.29, 0.717) is 5.39 Å². The molecule has 0 aliphatic heterocycles. The zero-order valence-corrected chi connectivity index (χ0v) is 13.6. The van der Waals surface area contributed by atoms with Crippen molar-refractivity contribution in [2.45, 2.75) is 0 Å². The summed E-state index contributed by atoms with van der Waals surface area (Å²) in [7, 11) is 0. The summed E-state index contributed by atoms with van der Waals surface area (Å²) < 4.78 is 5.14. The number of ether oxygens (including phenoxy) is 1. The lowest BCUT2D eigenvalue weighted by Gasteiger charge is -2.06. The van der Waals surface area contributed by atoms with E-state index < -0.39 is 21.5 Å². The van der Waals surface area contributed by atoms with Crippen LogP contribution in [0.4, 0.5) is 11.4 Å². The van der Waals surface area contributed by atoms with Crippen LogP contribution in [0.15, 0.2) is 60.8 Å². The zero-order valence-electron chi connectivity index (χ0n) is 13.6. The van der Waals surface area contributed by atoms with Gasteiger partial charge in [-0.05, 0) is 24.3 Å². The van der Waals surface area contributed by atoms with Crippen molar-refractivity contribution >= 4 is 34.3 Å². The highest BCUT2D eigenvalue weighted by molar-refractivity contribution is 5.95. The number of nitro groups is 2. The predicted molar refractivity (Wildman–Crippen MR) is 96.2 cm³/mol. The van der Waals surface area contributed by atoms with Crippen molar-refractivity contribution in [1.29, 1.82) is 0 Å². The van der Waals surface area contributed by atoms with Crippen LogP contribution in [0, 0.1) is 20.2 Å². The molecule has 0 bridgehead atoms. The largest absolute Gasteiger partial charge is 0.414 e. The Morgan fingerprint density at radius 1 is 0.963 bits per heavy atom. The van der Waals surface area contributed by atoms with E-state index >= 15 is 0 Å². The number of carbonyl (C=O) groups excluding carboxylic acids is 1. The molecule has 0 aliphatic rings. The second-order valence-corrected chi connectivity index (χ2v) is 5.32. The van der Waals surface area contributed by atoms with Crippen LogP contribution in [0.5, 0.6) is 5.75 Å². The maximum Gasteiger partial charge on any atom is 0.336 e. The minimum atomic E-state index is -0.922. The molecule has 0 spiro atoms. The molecule has 0 radical (unpaired) electrons. The number of aromatic nitrogens is 1. The molecule has 27 heavy (non-hydrogen) atoms. The van der Waals surface area contributed by atoms with Crippen LogP contribution in [-0.4, -0.2) is 20.8 Å². The van der Waals surface area contributed by atoms with Crippen LogP contribution in [0.3, 0.4) is 0 Å². The van der Waals surface area contributed by atoms with E-state index in [2.05, 4.69) is 4.98 Å². The number of hydrogen-bond acceptors (Lipinski definition) is 7. The van der Waals surface area contributed by atoms with Crippen molar-refractivity contribution in [2.24, 2.45) is 0 Å². The van der Waals surface area contributed by atoms with Gasteiger partial charge in [-0.2, -0.15) is 0 Å². The smallest absolute Gasteiger partial charge is 0.336 e. The zero-order chi connectivity index (χ0) is 19.4. The molecule has 2 aromatic carbocycles. The molecule has 0 unspecified atom stereocenters. The first-order chi connectivity index (χ1) is 13.0. The third kappa shape index (κ3) is 3.76. The molecule has 0 saturated heterocycles. The maximum absolute atomic E-state index is 12.2. The minimum absolute atomic E-state index is 0.166. The maximum atomic E-state index is 12.2. The topological polar surface area (TPSA) is 125 Å². The van der Waals surface area contributed by atoms with Crippen molar-refractivity contribution in [3.63, 3.8) is 0 Å². The van der Waals surface area contributed by atoms with E-state index in [4.69, 9.17) is 4.74 Å². The highest BCUT2D eigenvalue weighted by Gasteiger charge is 2.21. The molecule has 0 amide bonds. The molecule has 3 aromatic rings. The highest BCUT2D eigenvalue weighted by atomic mass is 16.6. The Kier molecular flexibility index (Phi) is 4.84. The quantitative estimate of drug-likeness (QED) is 0.222. The second-order valence-electron chi connectivity index (χ2n) is 5.32. The highest BCUT2D eigenvalue weighted by Crippen LogP contribution is 2.34. The van der Waals surface area contributed by atoms with Gasteiger partial charge >= 0.3 is 11.7 Å². The fourth-order valence-electron chi connectivity index (χ4n) is 2.44. The summed E-state index contributed by atoms with van der Waals surface area (Å²) in [6, 6.07) is 11.9. The van der Waals surface area contributed by atoms with Gasteiger partial charge in [-0.25, -0.2) is 4.79 Å². The standard InChI is InChI=1S/C18H11N3O6/c22-16(10-8-12-4-1-2-6-14(12)20(23)24)27-18-15(21(25)26)9-7-13-5-3-11-19-17(13)18/h1-11H/b10-8+. The van der Waals surface area contributed by atoms with E-state index in [-0.39, 0.29) is 22.5 Å². The van der Waals surface area contributed by atoms with Crippen LogP contribution in [0.1, 0.15) is 5.56 Å². The van der Waals surface area contributed by atoms with Crippen molar-refractivity contribution < 1.29 is 19.4 Å². The van der Waals surface area contributed by atoms with Crippen molar-refractivity contribution in [1.82, 2.24) is 4.98 Å². The lowest BCUT2D eigenvalue weighted by Crippen LogP contribution is -2.07. The lowest BCUT2D eigenvalue weighted by molar-refractivity contribution is -0.385. The van der Waals surface area contributed by atoms with Crippen LogP contribution in [0.25, 0.3) is 17.0 Å². The number of nitrogens with zero attached hydrogens (tertiary/aromatic N) is 3. The molecule has 1 heterocycles. The molecule has 0 fully saturated rings. The summed E-state index contributed by atoms with van der Waals surface area (Å²) in [5.41, 5.74) is -0.225. The van der Waals surface area contributed by atoms with Gasteiger partial charge in [0, 0.05) is 29.8 Å². The number of esters is 1. The number of hydrogen-bond donors (Lipinski definition) is 0. The Balaban J connectivity index is 1.94. The number of benzene rings is 2. The Morgan fingerprint density at radius 2 is 1.70 bits per heavy atom. The monoisotopic (exact) mass is 365 g/mol. The van der Waals surface area contributed by atoms with Gasteiger partial charge in [-0.3, -0.25) is 25.2 Å². The van der Waals surface area contributed by atoms with Crippen molar-refractivity contribution in [3.05, 3.63) is 86.6 Å². The van der Waals surface area contributed by atoms with Crippen LogP contribution in [-0.2, 0) is 4.79 Å². The van der Waals surface area contributed by atoms with Crippen LogP contribution >= 0.6 is 0 Å². The third-order valence-corrected chi connectivity index (χ3v) is 3.64. The van der Waals surface area contributed by atoms with Crippen LogP contribution in [0.2, 0.25) is 0 Å². The summed E-state index contributed by atoms with van der Waals surface area (Å²) in [5.74, 6) is -1.20. The van der Waals surface area contributed by atoms with E-state index in [1.807, 2.05) is 0 Å². The van der Waals surface area contributed by atoms with Crippen molar-refractivity contribution in [3.8, 4) is 5.75 Å². The van der Waals surface area contributed by atoms with Gasteiger partial charge in [0.05, 0.1) is 15.4 Å². The average Bonchev–Trinajstić information content (AvgIpc) is 2.66. The minimum Gasteiger partial charge on any atom is -0.414 e. The molecular formula is C18H11N3O6. The molecule has 0 atom stereocenters. The Bertz CT molecular complexity index is 1090. The first kappa shape index (κ1) is 17.7. The number of para-hydroxylation sites is 1. The van der Waals surface area contributed by atoms with Gasteiger partial charge in [0.1, 0.15) is 5.52 Å². The molecule has 9 heteroatoms. The number of fused-ring (bicyclic) bond motifs is 1. The fraction of sp³-hybridized carbons (Fsp3) is 0. The molecule has 134 valence electrons. The molecule has 9 nitrogen and oxygen atoms in total. The van der Waals surface area contributed by atoms with E-state index in [9.17, 15) is 25.0 Å². The van der Waals surface area contributed by atoms with Gasteiger partial charge in [-0.15, -0.1) is 0 Å². The van der Waals surface area contributed by atoms with E-state index in [1.54, 1.807) is 18.2 Å². The van der Waals surface area contributed by atoms with Gasteiger partial charge in [0.15, 0.2) is 0 Å². The number of nitro benzene ring substituents is 2. The molecule has 0 aliphatic carbocycles. The number of rotatable bonds is 5.